The van der Waals surface area contributed by atoms with Gasteiger partial charge in [-0.25, -0.2) is 0 Å². The van der Waals surface area contributed by atoms with E-state index in [1.807, 2.05) is 6.07 Å². The number of ether oxygens (including phenoxy) is 1. The summed E-state index contributed by atoms with van der Waals surface area (Å²) in [6.45, 7) is 4.45. The molecule has 18 heavy (non-hydrogen) atoms. The van der Waals surface area contributed by atoms with Crippen LogP contribution in [0, 0.1) is 18.8 Å². The molecule has 0 aliphatic heterocycles. The molecule has 1 unspecified atom stereocenters. The number of halogens is 1. The highest BCUT2D eigenvalue weighted by atomic mass is 35.5. The first-order valence-electron chi connectivity index (χ1n) is 6.90. The smallest absolute Gasteiger partial charge is 0.123 e. The molecule has 0 spiro atoms. The van der Waals surface area contributed by atoms with Crippen molar-refractivity contribution in [2.45, 2.75) is 44.9 Å². The summed E-state index contributed by atoms with van der Waals surface area (Å²) >= 11 is 6.71. The highest BCUT2D eigenvalue weighted by Crippen LogP contribution is 2.43. The molecular weight excluding hydrogens is 244 g/mol. The molecule has 0 amide bonds. The predicted molar refractivity (Wildman–Crippen MR) is 77.4 cm³/mol. The quantitative estimate of drug-likeness (QED) is 0.691. The van der Waals surface area contributed by atoms with E-state index in [2.05, 4.69) is 26.0 Å². The Kier molecular flexibility index (Phi) is 4.55. The van der Waals surface area contributed by atoms with Gasteiger partial charge in [-0.15, -0.1) is 11.6 Å². The van der Waals surface area contributed by atoms with Gasteiger partial charge in [0, 0.05) is 5.56 Å². The maximum atomic E-state index is 6.71. The molecule has 1 fully saturated rings. The third kappa shape index (κ3) is 3.00. The molecule has 0 bridgehead atoms. The van der Waals surface area contributed by atoms with Gasteiger partial charge in [-0.05, 0) is 37.7 Å². The highest BCUT2D eigenvalue weighted by Gasteiger charge is 2.27. The topological polar surface area (TPSA) is 9.23 Å². The van der Waals surface area contributed by atoms with Crippen LogP contribution in [0.3, 0.4) is 0 Å². The summed E-state index contributed by atoms with van der Waals surface area (Å²) in [7, 11) is 1.72. The zero-order chi connectivity index (χ0) is 13.1. The van der Waals surface area contributed by atoms with Crippen LogP contribution in [-0.4, -0.2) is 7.11 Å². The second-order valence-corrected chi connectivity index (χ2v) is 6.14. The molecule has 2 rings (SSSR count). The molecule has 1 atom stereocenters. The van der Waals surface area contributed by atoms with E-state index in [1.54, 1.807) is 7.11 Å². The number of benzene rings is 1. The van der Waals surface area contributed by atoms with Crippen LogP contribution in [0.2, 0.25) is 0 Å². The third-order valence-corrected chi connectivity index (χ3v) is 4.75. The molecule has 1 aromatic rings. The predicted octanol–water partition coefficient (Wildman–Crippen LogP) is 5.11. The molecule has 2 heteroatoms. The fourth-order valence-corrected chi connectivity index (χ4v) is 3.32. The van der Waals surface area contributed by atoms with E-state index >= 15 is 0 Å². The Morgan fingerprint density at radius 2 is 1.89 bits per heavy atom. The van der Waals surface area contributed by atoms with Crippen molar-refractivity contribution in [3.63, 3.8) is 0 Å². The number of hydrogen-bond acceptors (Lipinski definition) is 1. The van der Waals surface area contributed by atoms with Crippen molar-refractivity contribution in [3.8, 4) is 5.75 Å². The van der Waals surface area contributed by atoms with E-state index in [0.717, 1.165) is 11.7 Å². The Morgan fingerprint density at radius 1 is 1.22 bits per heavy atom. The lowest BCUT2D eigenvalue weighted by Crippen LogP contribution is -2.17. The lowest BCUT2D eigenvalue weighted by Gasteiger charge is -2.30. The maximum Gasteiger partial charge on any atom is 0.123 e. The van der Waals surface area contributed by atoms with E-state index in [1.165, 1.54) is 36.8 Å². The summed E-state index contributed by atoms with van der Waals surface area (Å²) in [6.07, 6.45) is 5.10. The van der Waals surface area contributed by atoms with Gasteiger partial charge < -0.3 is 4.74 Å². The van der Waals surface area contributed by atoms with Gasteiger partial charge in [-0.2, -0.15) is 0 Å². The fraction of sp³-hybridized carbons (Fsp3) is 0.625. The van der Waals surface area contributed by atoms with Crippen LogP contribution in [0.5, 0.6) is 5.75 Å². The van der Waals surface area contributed by atoms with Crippen LogP contribution in [0.1, 0.15) is 49.1 Å². The summed E-state index contributed by atoms with van der Waals surface area (Å²) in [5.41, 5.74) is 2.42. The zero-order valence-electron chi connectivity index (χ0n) is 11.6. The van der Waals surface area contributed by atoms with E-state index in [-0.39, 0.29) is 5.38 Å². The summed E-state index contributed by atoms with van der Waals surface area (Å²) in [4.78, 5) is 0. The summed E-state index contributed by atoms with van der Waals surface area (Å²) in [6, 6.07) is 6.29. The molecule has 0 radical (unpaired) electrons. The SMILES string of the molecule is COc1ccc(C)cc1C(Cl)C1CCC(C)CC1. The van der Waals surface area contributed by atoms with Gasteiger partial charge in [0.05, 0.1) is 12.5 Å². The minimum absolute atomic E-state index is 0.0901. The first kappa shape index (κ1) is 13.7. The van der Waals surface area contributed by atoms with Crippen LogP contribution in [0.25, 0.3) is 0 Å². The van der Waals surface area contributed by atoms with Crippen LogP contribution in [0.15, 0.2) is 18.2 Å². The highest BCUT2D eigenvalue weighted by molar-refractivity contribution is 6.21. The molecule has 0 saturated heterocycles. The molecule has 1 nitrogen and oxygen atoms in total. The number of alkyl halides is 1. The van der Waals surface area contributed by atoms with Gasteiger partial charge >= 0.3 is 0 Å². The van der Waals surface area contributed by atoms with Crippen LogP contribution < -0.4 is 4.74 Å². The zero-order valence-corrected chi connectivity index (χ0v) is 12.3. The molecule has 100 valence electrons. The van der Waals surface area contributed by atoms with Gasteiger partial charge in [-0.1, -0.05) is 37.5 Å². The first-order valence-corrected chi connectivity index (χ1v) is 7.34. The largest absolute Gasteiger partial charge is 0.496 e. The van der Waals surface area contributed by atoms with Crippen molar-refractivity contribution in [2.75, 3.05) is 7.11 Å². The maximum absolute atomic E-state index is 6.71. The normalized spacial score (nSPS) is 25.8. The summed E-state index contributed by atoms with van der Waals surface area (Å²) in [5, 5.41) is 0.0901. The van der Waals surface area contributed by atoms with E-state index in [0.29, 0.717) is 5.92 Å². The molecule has 1 aliphatic rings. The Labute approximate surface area is 115 Å². The van der Waals surface area contributed by atoms with Crippen molar-refractivity contribution in [1.29, 1.82) is 0 Å². The Morgan fingerprint density at radius 3 is 2.50 bits per heavy atom. The van der Waals surface area contributed by atoms with Crippen molar-refractivity contribution >= 4 is 11.6 Å². The number of rotatable bonds is 3. The van der Waals surface area contributed by atoms with Crippen LogP contribution in [-0.2, 0) is 0 Å². The van der Waals surface area contributed by atoms with Crippen molar-refractivity contribution in [3.05, 3.63) is 29.3 Å². The van der Waals surface area contributed by atoms with Crippen LogP contribution in [0.4, 0.5) is 0 Å². The van der Waals surface area contributed by atoms with Gasteiger partial charge in [-0.3, -0.25) is 0 Å². The Bertz CT molecular complexity index is 394. The second-order valence-electron chi connectivity index (χ2n) is 5.67. The van der Waals surface area contributed by atoms with Crippen LogP contribution >= 0.6 is 11.6 Å². The Hall–Kier alpha value is -0.690. The van der Waals surface area contributed by atoms with E-state index < -0.39 is 0 Å². The lowest BCUT2D eigenvalue weighted by molar-refractivity contribution is 0.280. The number of methoxy groups -OCH3 is 1. The first-order chi connectivity index (χ1) is 8.61. The lowest BCUT2D eigenvalue weighted by atomic mass is 9.79. The minimum atomic E-state index is 0.0901. The average molecular weight is 267 g/mol. The minimum Gasteiger partial charge on any atom is -0.496 e. The van der Waals surface area contributed by atoms with Gasteiger partial charge in [0.2, 0.25) is 0 Å². The van der Waals surface area contributed by atoms with Crippen molar-refractivity contribution < 1.29 is 4.74 Å². The fourth-order valence-electron chi connectivity index (χ4n) is 2.90. The van der Waals surface area contributed by atoms with Crippen molar-refractivity contribution in [2.24, 2.45) is 11.8 Å². The van der Waals surface area contributed by atoms with Gasteiger partial charge in [0.1, 0.15) is 5.75 Å². The molecule has 0 aromatic heterocycles. The summed E-state index contributed by atoms with van der Waals surface area (Å²) < 4.78 is 5.45. The van der Waals surface area contributed by atoms with Crippen molar-refractivity contribution in [1.82, 2.24) is 0 Å². The molecular formula is C16H23ClO. The molecule has 0 heterocycles. The molecule has 1 aromatic carbocycles. The molecule has 1 aliphatic carbocycles. The monoisotopic (exact) mass is 266 g/mol. The summed E-state index contributed by atoms with van der Waals surface area (Å²) in [5.74, 6) is 2.39. The molecule has 1 saturated carbocycles. The van der Waals surface area contributed by atoms with E-state index in [4.69, 9.17) is 16.3 Å². The number of hydrogen-bond donors (Lipinski definition) is 0. The Balaban J connectivity index is 2.17. The standard InChI is InChI=1S/C16H23ClO/c1-11-4-7-13(8-5-11)16(17)14-10-12(2)6-9-15(14)18-3/h6,9-11,13,16H,4-5,7-8H2,1-3H3. The average Bonchev–Trinajstić information content (AvgIpc) is 2.39. The van der Waals surface area contributed by atoms with E-state index in [9.17, 15) is 0 Å². The van der Waals surface area contributed by atoms with Gasteiger partial charge in [0.15, 0.2) is 0 Å². The number of aryl methyl sites for hydroxylation is 1. The van der Waals surface area contributed by atoms with Gasteiger partial charge in [0.25, 0.3) is 0 Å². The second kappa shape index (κ2) is 5.97. The third-order valence-electron chi connectivity index (χ3n) is 4.16. The molecule has 0 N–H and O–H groups in total.